The summed E-state index contributed by atoms with van der Waals surface area (Å²) in [5.74, 6) is -0.989. The number of rotatable bonds is 9. The minimum absolute atomic E-state index is 0.0729. The second kappa shape index (κ2) is 9.76. The molecule has 1 N–H and O–H groups in total. The van der Waals surface area contributed by atoms with Gasteiger partial charge in [-0.1, -0.05) is 23.5 Å². The van der Waals surface area contributed by atoms with Crippen LogP contribution in [0.3, 0.4) is 0 Å². The Morgan fingerprint density at radius 2 is 2.00 bits per heavy atom. The second-order valence-corrected chi connectivity index (χ2v) is 5.85. The number of alkyl halides is 2. The molecule has 140 valence electrons. The molecule has 0 aliphatic rings. The Labute approximate surface area is 152 Å². The Morgan fingerprint density at radius 3 is 2.65 bits per heavy atom. The van der Waals surface area contributed by atoms with Crippen LogP contribution in [0.4, 0.5) is 8.78 Å². The standard InChI is InChI=1S/C16H17F2N3O4S/c1-2-12-14(26-21-20-12)15(23)24-9-13(22)19-8-7-10-3-5-11(6-4-10)25-16(17)18/h3-6,16H,2,7-9H2,1H3,(H,19,22). The van der Waals surface area contributed by atoms with E-state index in [1.54, 1.807) is 12.1 Å². The predicted molar refractivity (Wildman–Crippen MR) is 89.4 cm³/mol. The number of benzene rings is 1. The molecule has 2 rings (SSSR count). The molecule has 2 aromatic rings. The van der Waals surface area contributed by atoms with Gasteiger partial charge in [-0.3, -0.25) is 4.79 Å². The van der Waals surface area contributed by atoms with Crippen molar-refractivity contribution in [3.05, 3.63) is 40.4 Å². The SMILES string of the molecule is CCc1nnsc1C(=O)OCC(=O)NCCc1ccc(OC(F)F)cc1. The van der Waals surface area contributed by atoms with Crippen LogP contribution in [0.25, 0.3) is 0 Å². The van der Waals surface area contributed by atoms with Gasteiger partial charge < -0.3 is 14.8 Å². The normalized spacial score (nSPS) is 10.6. The summed E-state index contributed by atoms with van der Waals surface area (Å²) in [6.07, 6.45) is 1.04. The lowest BCUT2D eigenvalue weighted by atomic mass is 10.1. The molecule has 0 fully saturated rings. The molecule has 0 unspecified atom stereocenters. The van der Waals surface area contributed by atoms with Crippen LogP contribution in [-0.2, 0) is 22.4 Å². The molecule has 7 nitrogen and oxygen atoms in total. The predicted octanol–water partition coefficient (Wildman–Crippen LogP) is 2.22. The van der Waals surface area contributed by atoms with Crippen LogP contribution in [0.1, 0.15) is 27.9 Å². The number of hydrogen-bond acceptors (Lipinski definition) is 7. The fraction of sp³-hybridized carbons (Fsp3) is 0.375. The molecule has 10 heteroatoms. The van der Waals surface area contributed by atoms with Gasteiger partial charge in [-0.05, 0) is 42.1 Å². The third kappa shape index (κ3) is 6.03. The third-order valence-corrected chi connectivity index (χ3v) is 4.04. The number of halogens is 2. The molecule has 1 aromatic heterocycles. The third-order valence-electron chi connectivity index (χ3n) is 3.29. The van der Waals surface area contributed by atoms with Crippen molar-refractivity contribution in [2.45, 2.75) is 26.4 Å². The molecule has 0 saturated heterocycles. The molecule has 0 aliphatic heterocycles. The van der Waals surface area contributed by atoms with Gasteiger partial charge in [0.25, 0.3) is 5.91 Å². The number of ether oxygens (including phenoxy) is 2. The van der Waals surface area contributed by atoms with Gasteiger partial charge in [0, 0.05) is 6.54 Å². The van der Waals surface area contributed by atoms with Gasteiger partial charge in [0.05, 0.1) is 5.69 Å². The monoisotopic (exact) mass is 385 g/mol. The first-order valence-corrected chi connectivity index (χ1v) is 8.55. The zero-order chi connectivity index (χ0) is 18.9. The van der Waals surface area contributed by atoms with E-state index in [9.17, 15) is 18.4 Å². The number of hydrogen-bond donors (Lipinski definition) is 1. The quantitative estimate of drug-likeness (QED) is 0.666. The number of nitrogens with one attached hydrogen (secondary N) is 1. The second-order valence-electron chi connectivity index (χ2n) is 5.10. The highest BCUT2D eigenvalue weighted by Crippen LogP contribution is 2.15. The van der Waals surface area contributed by atoms with Gasteiger partial charge in [0.2, 0.25) is 0 Å². The molecule has 1 heterocycles. The van der Waals surface area contributed by atoms with E-state index in [4.69, 9.17) is 4.74 Å². The van der Waals surface area contributed by atoms with Gasteiger partial charge in [0.1, 0.15) is 5.75 Å². The highest BCUT2D eigenvalue weighted by atomic mass is 32.1. The molecular formula is C16H17F2N3O4S. The summed E-state index contributed by atoms with van der Waals surface area (Å²) in [7, 11) is 0. The topological polar surface area (TPSA) is 90.4 Å². The van der Waals surface area contributed by atoms with Gasteiger partial charge in [-0.15, -0.1) is 5.10 Å². The molecule has 0 aliphatic carbocycles. The Bertz CT molecular complexity index is 737. The van der Waals surface area contributed by atoms with Crippen molar-refractivity contribution in [2.75, 3.05) is 13.2 Å². The number of aromatic nitrogens is 2. The number of carbonyl (C=O) groups excluding carboxylic acids is 2. The van der Waals surface area contributed by atoms with E-state index in [-0.39, 0.29) is 5.75 Å². The fourth-order valence-electron chi connectivity index (χ4n) is 2.03. The highest BCUT2D eigenvalue weighted by molar-refractivity contribution is 7.07. The summed E-state index contributed by atoms with van der Waals surface area (Å²) in [5.41, 5.74) is 1.38. The molecule has 0 radical (unpaired) electrons. The molecule has 1 aromatic carbocycles. The number of aryl methyl sites for hydroxylation is 1. The summed E-state index contributed by atoms with van der Waals surface area (Å²) in [6.45, 7) is -1.11. The Hall–Kier alpha value is -2.62. The van der Waals surface area contributed by atoms with Crippen molar-refractivity contribution in [1.29, 1.82) is 0 Å². The summed E-state index contributed by atoms with van der Waals surface area (Å²) >= 11 is 0.929. The first-order chi connectivity index (χ1) is 12.5. The lowest BCUT2D eigenvalue weighted by Gasteiger charge is -2.07. The van der Waals surface area contributed by atoms with E-state index in [1.807, 2.05) is 6.92 Å². The molecule has 0 saturated carbocycles. The summed E-state index contributed by atoms with van der Waals surface area (Å²) < 4.78 is 37.0. The van der Waals surface area contributed by atoms with Crippen molar-refractivity contribution in [3.63, 3.8) is 0 Å². The van der Waals surface area contributed by atoms with E-state index in [2.05, 4.69) is 19.6 Å². The maximum absolute atomic E-state index is 12.1. The molecule has 0 atom stereocenters. The highest BCUT2D eigenvalue weighted by Gasteiger charge is 2.17. The van der Waals surface area contributed by atoms with Gasteiger partial charge in [0.15, 0.2) is 11.5 Å². The first-order valence-electron chi connectivity index (χ1n) is 7.78. The average molecular weight is 385 g/mol. The van der Waals surface area contributed by atoms with Gasteiger partial charge in [-0.2, -0.15) is 8.78 Å². The van der Waals surface area contributed by atoms with Crippen molar-refractivity contribution >= 4 is 23.4 Å². The Balaban J connectivity index is 1.69. The van der Waals surface area contributed by atoms with Crippen LogP contribution >= 0.6 is 11.5 Å². The van der Waals surface area contributed by atoms with E-state index in [1.165, 1.54) is 12.1 Å². The smallest absolute Gasteiger partial charge is 0.387 e. The van der Waals surface area contributed by atoms with E-state index < -0.39 is 25.1 Å². The molecule has 26 heavy (non-hydrogen) atoms. The van der Waals surface area contributed by atoms with Crippen LogP contribution in [-0.4, -0.2) is 41.2 Å². The lowest BCUT2D eigenvalue weighted by Crippen LogP contribution is -2.30. The van der Waals surface area contributed by atoms with E-state index in [0.29, 0.717) is 30.0 Å². The van der Waals surface area contributed by atoms with Crippen LogP contribution in [0, 0.1) is 0 Å². The summed E-state index contributed by atoms with van der Waals surface area (Å²) in [5, 5.41) is 6.42. The number of amides is 1. The number of nitrogens with zero attached hydrogens (tertiary/aromatic N) is 2. The number of carbonyl (C=O) groups is 2. The molecule has 1 amide bonds. The van der Waals surface area contributed by atoms with Crippen LogP contribution in [0.5, 0.6) is 5.75 Å². The Kier molecular flexibility index (Phi) is 7.39. The zero-order valence-corrected chi connectivity index (χ0v) is 14.7. The zero-order valence-electron chi connectivity index (χ0n) is 13.9. The maximum Gasteiger partial charge on any atom is 0.387 e. The summed E-state index contributed by atoms with van der Waals surface area (Å²) in [4.78, 5) is 23.9. The van der Waals surface area contributed by atoms with Crippen LogP contribution < -0.4 is 10.1 Å². The fourth-order valence-corrected chi connectivity index (χ4v) is 2.67. The van der Waals surface area contributed by atoms with Gasteiger partial charge >= 0.3 is 12.6 Å². The van der Waals surface area contributed by atoms with E-state index >= 15 is 0 Å². The van der Waals surface area contributed by atoms with Crippen LogP contribution in [0.2, 0.25) is 0 Å². The van der Waals surface area contributed by atoms with Crippen molar-refractivity contribution in [3.8, 4) is 5.75 Å². The number of esters is 1. The maximum atomic E-state index is 12.1. The average Bonchev–Trinajstić information content (AvgIpc) is 3.09. The molecule has 0 spiro atoms. The van der Waals surface area contributed by atoms with E-state index in [0.717, 1.165) is 17.1 Å². The van der Waals surface area contributed by atoms with Crippen molar-refractivity contribution in [2.24, 2.45) is 0 Å². The van der Waals surface area contributed by atoms with Crippen LogP contribution in [0.15, 0.2) is 24.3 Å². The van der Waals surface area contributed by atoms with Crippen molar-refractivity contribution < 1.29 is 27.8 Å². The largest absolute Gasteiger partial charge is 0.451 e. The summed E-state index contributed by atoms with van der Waals surface area (Å²) in [6, 6.07) is 6.12. The van der Waals surface area contributed by atoms with Crippen molar-refractivity contribution in [1.82, 2.24) is 14.9 Å². The minimum Gasteiger partial charge on any atom is -0.451 e. The van der Waals surface area contributed by atoms with Gasteiger partial charge in [-0.25, -0.2) is 4.79 Å². The first kappa shape index (κ1) is 19.7. The minimum atomic E-state index is -2.86. The lowest BCUT2D eigenvalue weighted by molar-refractivity contribution is -0.124. The molecular weight excluding hydrogens is 368 g/mol. The molecule has 0 bridgehead atoms. The Morgan fingerprint density at radius 1 is 1.27 bits per heavy atom.